The molecular weight excluding hydrogens is 468 g/mol. The molecule has 8 heteroatoms. The molecule has 3 fully saturated rings. The molecule has 206 valence electrons. The highest BCUT2D eigenvalue weighted by atomic mass is 16.5. The Labute approximate surface area is 221 Å². The predicted octanol–water partition coefficient (Wildman–Crippen LogP) is 4.04. The van der Waals surface area contributed by atoms with Crippen molar-refractivity contribution in [3.8, 4) is 0 Å². The Balaban J connectivity index is 1.08. The molecule has 0 spiro atoms. The van der Waals surface area contributed by atoms with E-state index in [1.165, 1.54) is 44.9 Å². The number of carboxylic acids is 1. The van der Waals surface area contributed by atoms with E-state index in [0.717, 1.165) is 70.0 Å². The van der Waals surface area contributed by atoms with Gasteiger partial charge in [-0.05, 0) is 119 Å². The lowest BCUT2D eigenvalue weighted by molar-refractivity contribution is -0.141. The lowest BCUT2D eigenvalue weighted by Crippen LogP contribution is -2.46. The Kier molecular flexibility index (Phi) is 10.6. The highest BCUT2D eigenvalue weighted by Gasteiger charge is 2.30. The molecule has 3 aliphatic rings. The maximum atomic E-state index is 11.8. The number of carboxylic acid groups (broad SMARTS) is 1. The van der Waals surface area contributed by atoms with Crippen molar-refractivity contribution in [1.82, 2.24) is 16.1 Å². The van der Waals surface area contributed by atoms with Gasteiger partial charge in [0, 0.05) is 24.3 Å². The van der Waals surface area contributed by atoms with Crippen molar-refractivity contribution in [2.75, 3.05) is 37.6 Å². The number of hydrogen-bond acceptors (Lipinski definition) is 6. The van der Waals surface area contributed by atoms with Crippen LogP contribution in [0.2, 0.25) is 0 Å². The summed E-state index contributed by atoms with van der Waals surface area (Å²) in [6.45, 7) is 5.06. The van der Waals surface area contributed by atoms with Crippen molar-refractivity contribution in [3.63, 3.8) is 0 Å². The molecule has 1 amide bonds. The second kappa shape index (κ2) is 14.1. The number of carbonyl (C=O) groups excluding carboxylic acids is 1. The SMILES string of the molecule is O=C(NO)c1ccc(N2CCC(CNCC3CCC(CN[C@H](C(=O)O)C4CCCCC4)CC3)CC2)cc1. The summed E-state index contributed by atoms with van der Waals surface area (Å²) in [6, 6.07) is 7.04. The van der Waals surface area contributed by atoms with Gasteiger partial charge in [-0.2, -0.15) is 0 Å². The van der Waals surface area contributed by atoms with E-state index in [0.29, 0.717) is 23.3 Å². The molecule has 2 aliphatic carbocycles. The molecule has 1 saturated heterocycles. The first-order chi connectivity index (χ1) is 18.0. The standard InChI is InChI=1S/C29H46N4O4/c34-28(32-37)25-10-12-26(13-11-25)33-16-14-23(15-17-33)19-30-18-21-6-8-22(9-7-21)20-31-27(29(35)36)24-4-2-1-3-5-24/h10-13,21-24,27,30-31,37H,1-9,14-20H2,(H,32,34)(H,35,36)/t21?,22?,27-/m0/s1. The minimum atomic E-state index is -0.666. The third-order valence-corrected chi connectivity index (χ3v) is 9.06. The van der Waals surface area contributed by atoms with Crippen LogP contribution < -0.4 is 21.0 Å². The van der Waals surface area contributed by atoms with Gasteiger partial charge in [0.05, 0.1) is 0 Å². The third kappa shape index (κ3) is 8.16. The molecule has 8 nitrogen and oxygen atoms in total. The number of rotatable bonds is 11. The molecule has 2 saturated carbocycles. The number of anilines is 1. The number of nitrogens with zero attached hydrogens (tertiary/aromatic N) is 1. The van der Waals surface area contributed by atoms with Gasteiger partial charge >= 0.3 is 5.97 Å². The van der Waals surface area contributed by atoms with Gasteiger partial charge in [-0.3, -0.25) is 14.8 Å². The van der Waals surface area contributed by atoms with Gasteiger partial charge in [0.1, 0.15) is 6.04 Å². The summed E-state index contributed by atoms with van der Waals surface area (Å²) in [5, 5.41) is 25.7. The van der Waals surface area contributed by atoms with E-state index in [1.54, 1.807) is 17.6 Å². The summed E-state index contributed by atoms with van der Waals surface area (Å²) in [7, 11) is 0. The minimum absolute atomic E-state index is 0.305. The first-order valence-electron chi connectivity index (χ1n) is 14.5. The van der Waals surface area contributed by atoms with Crippen molar-refractivity contribution in [2.24, 2.45) is 23.7 Å². The van der Waals surface area contributed by atoms with E-state index >= 15 is 0 Å². The molecule has 1 aromatic rings. The van der Waals surface area contributed by atoms with Gasteiger partial charge < -0.3 is 20.6 Å². The van der Waals surface area contributed by atoms with Crippen LogP contribution in [0.3, 0.4) is 0 Å². The van der Waals surface area contributed by atoms with Crippen molar-refractivity contribution >= 4 is 17.6 Å². The first kappa shape index (κ1) is 27.9. The zero-order chi connectivity index (χ0) is 26.0. The maximum Gasteiger partial charge on any atom is 0.320 e. The van der Waals surface area contributed by atoms with Gasteiger partial charge in [0.25, 0.3) is 5.91 Å². The van der Waals surface area contributed by atoms with E-state index in [4.69, 9.17) is 5.21 Å². The molecule has 0 unspecified atom stereocenters. The van der Waals surface area contributed by atoms with Crippen LogP contribution in [0.4, 0.5) is 5.69 Å². The van der Waals surface area contributed by atoms with Crippen LogP contribution >= 0.6 is 0 Å². The summed E-state index contributed by atoms with van der Waals surface area (Å²) in [4.78, 5) is 25.7. The smallest absolute Gasteiger partial charge is 0.320 e. The zero-order valence-corrected chi connectivity index (χ0v) is 22.2. The molecule has 0 aromatic heterocycles. The molecule has 1 atom stereocenters. The van der Waals surface area contributed by atoms with Crippen LogP contribution in [0.15, 0.2) is 24.3 Å². The van der Waals surface area contributed by atoms with Gasteiger partial charge in [-0.15, -0.1) is 0 Å². The van der Waals surface area contributed by atoms with Crippen LogP contribution in [-0.2, 0) is 4.79 Å². The molecule has 1 aliphatic heterocycles. The second-order valence-corrected chi connectivity index (χ2v) is 11.6. The lowest BCUT2D eigenvalue weighted by Gasteiger charge is -2.34. The normalized spacial score (nSPS) is 24.5. The van der Waals surface area contributed by atoms with Crippen LogP contribution in [0.25, 0.3) is 0 Å². The number of hydrogen-bond donors (Lipinski definition) is 5. The van der Waals surface area contributed by atoms with Crippen LogP contribution in [0, 0.1) is 23.7 Å². The second-order valence-electron chi connectivity index (χ2n) is 11.6. The number of nitrogens with one attached hydrogen (secondary N) is 3. The fraction of sp³-hybridized carbons (Fsp3) is 0.724. The summed E-state index contributed by atoms with van der Waals surface area (Å²) < 4.78 is 0. The monoisotopic (exact) mass is 514 g/mol. The summed E-state index contributed by atoms with van der Waals surface area (Å²) in [5.74, 6) is 1.20. The number of benzene rings is 1. The largest absolute Gasteiger partial charge is 0.480 e. The average Bonchev–Trinajstić information content (AvgIpc) is 2.94. The van der Waals surface area contributed by atoms with Crippen LogP contribution in [0.5, 0.6) is 0 Å². The van der Waals surface area contributed by atoms with E-state index < -0.39 is 11.9 Å². The number of amides is 1. The topological polar surface area (TPSA) is 114 Å². The lowest BCUT2D eigenvalue weighted by atomic mass is 9.80. The number of carbonyl (C=O) groups is 2. The quantitative estimate of drug-likeness (QED) is 0.224. The van der Waals surface area contributed by atoms with E-state index in [2.05, 4.69) is 15.5 Å². The summed E-state index contributed by atoms with van der Waals surface area (Å²) in [5.41, 5.74) is 3.26. The van der Waals surface area contributed by atoms with Crippen molar-refractivity contribution in [3.05, 3.63) is 29.8 Å². The number of piperidine rings is 1. The van der Waals surface area contributed by atoms with Gasteiger partial charge in [-0.1, -0.05) is 19.3 Å². The Morgan fingerprint density at radius 3 is 1.95 bits per heavy atom. The fourth-order valence-electron chi connectivity index (χ4n) is 6.63. The highest BCUT2D eigenvalue weighted by Crippen LogP contribution is 2.30. The Hall–Kier alpha value is -2.16. The molecule has 0 bridgehead atoms. The van der Waals surface area contributed by atoms with E-state index in [1.807, 2.05) is 12.1 Å². The van der Waals surface area contributed by atoms with E-state index in [-0.39, 0.29) is 6.04 Å². The fourth-order valence-corrected chi connectivity index (χ4v) is 6.63. The summed E-state index contributed by atoms with van der Waals surface area (Å²) >= 11 is 0. The average molecular weight is 515 g/mol. The van der Waals surface area contributed by atoms with Crippen molar-refractivity contribution in [2.45, 2.75) is 76.7 Å². The number of hydroxylamine groups is 1. The highest BCUT2D eigenvalue weighted by molar-refractivity contribution is 5.93. The zero-order valence-electron chi connectivity index (χ0n) is 22.2. The van der Waals surface area contributed by atoms with Crippen molar-refractivity contribution in [1.29, 1.82) is 0 Å². The Bertz CT molecular complexity index is 842. The van der Waals surface area contributed by atoms with Crippen LogP contribution in [-0.4, -0.2) is 61.0 Å². The molecule has 1 aromatic carbocycles. The van der Waals surface area contributed by atoms with Crippen LogP contribution in [0.1, 0.15) is 81.0 Å². The first-order valence-corrected chi connectivity index (χ1v) is 14.5. The number of aliphatic carboxylic acids is 1. The maximum absolute atomic E-state index is 11.8. The molecule has 4 rings (SSSR count). The van der Waals surface area contributed by atoms with Gasteiger partial charge in [-0.25, -0.2) is 5.48 Å². The Morgan fingerprint density at radius 2 is 1.38 bits per heavy atom. The Morgan fingerprint density at radius 1 is 0.811 bits per heavy atom. The minimum Gasteiger partial charge on any atom is -0.480 e. The van der Waals surface area contributed by atoms with E-state index in [9.17, 15) is 14.7 Å². The summed E-state index contributed by atoms with van der Waals surface area (Å²) in [6.07, 6.45) is 12.9. The molecular formula is C29H46N4O4. The molecule has 1 heterocycles. The molecule has 0 radical (unpaired) electrons. The predicted molar refractivity (Wildman–Crippen MR) is 145 cm³/mol. The third-order valence-electron chi connectivity index (χ3n) is 9.06. The molecule has 5 N–H and O–H groups in total. The van der Waals surface area contributed by atoms with Gasteiger partial charge in [0.2, 0.25) is 0 Å². The van der Waals surface area contributed by atoms with Gasteiger partial charge in [0.15, 0.2) is 0 Å². The van der Waals surface area contributed by atoms with Crippen molar-refractivity contribution < 1.29 is 19.9 Å². The molecule has 37 heavy (non-hydrogen) atoms.